The fraction of sp³-hybridized carbons (Fsp3) is 0.812. The van der Waals surface area contributed by atoms with Crippen LogP contribution in [0.3, 0.4) is 0 Å². The van der Waals surface area contributed by atoms with Crippen molar-refractivity contribution in [1.29, 1.82) is 0 Å². The van der Waals surface area contributed by atoms with E-state index in [1.54, 1.807) is 4.88 Å². The summed E-state index contributed by atoms with van der Waals surface area (Å²) in [6, 6.07) is 0. The first-order chi connectivity index (χ1) is 9.35. The van der Waals surface area contributed by atoms with Crippen LogP contribution in [0.15, 0.2) is 0 Å². The van der Waals surface area contributed by atoms with Crippen molar-refractivity contribution in [1.82, 2.24) is 10.3 Å². The standard InChI is InChI=1S/C16H24N2S/c1-17-9-12-3-2-4-14-15(12)18-16(19-14)13-8-10-5-6-11(13)7-10/h10-13,17H,2-9H2,1H3. The van der Waals surface area contributed by atoms with E-state index in [-0.39, 0.29) is 0 Å². The number of likely N-dealkylation sites (N-methyl/N-ethyl adjacent to an activating group) is 1. The van der Waals surface area contributed by atoms with Crippen molar-refractivity contribution in [2.24, 2.45) is 11.8 Å². The minimum absolute atomic E-state index is 0.678. The van der Waals surface area contributed by atoms with Gasteiger partial charge >= 0.3 is 0 Å². The van der Waals surface area contributed by atoms with Crippen LogP contribution < -0.4 is 5.32 Å². The van der Waals surface area contributed by atoms with Crippen molar-refractivity contribution in [2.75, 3.05) is 13.6 Å². The summed E-state index contributed by atoms with van der Waals surface area (Å²) in [7, 11) is 2.07. The molecule has 3 heteroatoms. The van der Waals surface area contributed by atoms with E-state index in [2.05, 4.69) is 23.7 Å². The van der Waals surface area contributed by atoms with Crippen LogP contribution >= 0.6 is 11.3 Å². The molecule has 4 atom stereocenters. The molecule has 2 nitrogen and oxygen atoms in total. The van der Waals surface area contributed by atoms with Gasteiger partial charge in [0, 0.05) is 23.3 Å². The molecule has 0 aliphatic heterocycles. The zero-order chi connectivity index (χ0) is 12.8. The second-order valence-corrected chi connectivity index (χ2v) is 7.90. The third-order valence-corrected chi connectivity index (χ3v) is 6.86. The van der Waals surface area contributed by atoms with Crippen LogP contribution in [0.2, 0.25) is 0 Å². The highest BCUT2D eigenvalue weighted by Crippen LogP contribution is 2.54. The monoisotopic (exact) mass is 276 g/mol. The lowest BCUT2D eigenvalue weighted by Crippen LogP contribution is -2.21. The molecule has 0 amide bonds. The fourth-order valence-electron chi connectivity index (χ4n) is 4.68. The predicted octanol–water partition coefficient (Wildman–Crippen LogP) is 3.69. The number of thiazole rings is 1. The number of rotatable bonds is 3. The highest BCUT2D eigenvalue weighted by molar-refractivity contribution is 7.11. The van der Waals surface area contributed by atoms with Gasteiger partial charge in [0.1, 0.15) is 0 Å². The molecule has 0 spiro atoms. The average Bonchev–Trinajstić information content (AvgIpc) is 3.13. The molecule has 2 bridgehead atoms. The summed E-state index contributed by atoms with van der Waals surface area (Å²) < 4.78 is 0. The van der Waals surface area contributed by atoms with E-state index in [1.807, 2.05) is 0 Å². The molecule has 4 unspecified atom stereocenters. The molecular formula is C16H24N2S. The first kappa shape index (κ1) is 12.3. The molecule has 3 aliphatic carbocycles. The maximum atomic E-state index is 5.13. The van der Waals surface area contributed by atoms with Gasteiger partial charge < -0.3 is 5.32 Å². The lowest BCUT2D eigenvalue weighted by atomic mass is 9.88. The Morgan fingerprint density at radius 2 is 2.21 bits per heavy atom. The molecule has 3 aliphatic rings. The number of nitrogens with zero attached hydrogens (tertiary/aromatic N) is 1. The zero-order valence-corrected chi connectivity index (χ0v) is 12.6. The van der Waals surface area contributed by atoms with Crippen LogP contribution in [-0.4, -0.2) is 18.6 Å². The highest BCUT2D eigenvalue weighted by Gasteiger charge is 2.42. The van der Waals surface area contributed by atoms with E-state index < -0.39 is 0 Å². The quantitative estimate of drug-likeness (QED) is 0.911. The Hall–Kier alpha value is -0.410. The second kappa shape index (κ2) is 4.85. The molecule has 104 valence electrons. The molecule has 19 heavy (non-hydrogen) atoms. The number of nitrogens with one attached hydrogen (secondary N) is 1. The molecule has 2 saturated carbocycles. The Bertz CT molecular complexity index is 467. The van der Waals surface area contributed by atoms with E-state index in [1.165, 1.54) is 55.6 Å². The van der Waals surface area contributed by atoms with E-state index in [9.17, 15) is 0 Å². The zero-order valence-electron chi connectivity index (χ0n) is 11.8. The highest BCUT2D eigenvalue weighted by atomic mass is 32.1. The van der Waals surface area contributed by atoms with Crippen molar-refractivity contribution in [2.45, 2.75) is 56.8 Å². The molecule has 1 aromatic rings. The Kier molecular flexibility index (Phi) is 3.15. The Morgan fingerprint density at radius 1 is 1.26 bits per heavy atom. The minimum Gasteiger partial charge on any atom is -0.319 e. The maximum absolute atomic E-state index is 5.13. The fourth-order valence-corrected chi connectivity index (χ4v) is 6.08. The lowest BCUT2D eigenvalue weighted by molar-refractivity contribution is 0.417. The lowest BCUT2D eigenvalue weighted by Gasteiger charge is -2.20. The maximum Gasteiger partial charge on any atom is 0.0965 e. The summed E-state index contributed by atoms with van der Waals surface area (Å²) in [4.78, 5) is 6.75. The summed E-state index contributed by atoms with van der Waals surface area (Å²) in [5.41, 5.74) is 1.46. The third-order valence-electron chi connectivity index (χ3n) is 5.59. The van der Waals surface area contributed by atoms with Crippen LogP contribution in [0.1, 0.15) is 65.9 Å². The number of fused-ring (bicyclic) bond motifs is 3. The third kappa shape index (κ3) is 2.06. The van der Waals surface area contributed by atoms with Crippen LogP contribution in [0, 0.1) is 11.8 Å². The smallest absolute Gasteiger partial charge is 0.0965 e. The SMILES string of the molecule is CNCC1CCCc2sc(C3CC4CCC3C4)nc21. The van der Waals surface area contributed by atoms with Gasteiger partial charge in [0.05, 0.1) is 10.7 Å². The van der Waals surface area contributed by atoms with E-state index in [0.29, 0.717) is 5.92 Å². The van der Waals surface area contributed by atoms with Crippen LogP contribution in [0.5, 0.6) is 0 Å². The van der Waals surface area contributed by atoms with Crippen LogP contribution in [-0.2, 0) is 6.42 Å². The van der Waals surface area contributed by atoms with Crippen molar-refractivity contribution in [3.63, 3.8) is 0 Å². The predicted molar refractivity (Wildman–Crippen MR) is 79.9 cm³/mol. The normalized spacial score (nSPS) is 36.7. The molecule has 2 fully saturated rings. The Labute approximate surface area is 120 Å². The number of hydrogen-bond acceptors (Lipinski definition) is 3. The van der Waals surface area contributed by atoms with Gasteiger partial charge in [-0.2, -0.15) is 0 Å². The molecule has 1 heterocycles. The van der Waals surface area contributed by atoms with Crippen molar-refractivity contribution >= 4 is 11.3 Å². The molecular weight excluding hydrogens is 252 g/mol. The van der Waals surface area contributed by atoms with Gasteiger partial charge in [0.2, 0.25) is 0 Å². The Morgan fingerprint density at radius 3 is 2.95 bits per heavy atom. The first-order valence-electron chi connectivity index (χ1n) is 7.99. The molecule has 0 radical (unpaired) electrons. The van der Waals surface area contributed by atoms with Gasteiger partial charge in [-0.3, -0.25) is 0 Å². The number of hydrogen-bond donors (Lipinski definition) is 1. The van der Waals surface area contributed by atoms with Gasteiger partial charge in [-0.25, -0.2) is 4.98 Å². The van der Waals surface area contributed by atoms with Gasteiger partial charge in [-0.05, 0) is 57.4 Å². The van der Waals surface area contributed by atoms with E-state index in [0.717, 1.165) is 24.3 Å². The van der Waals surface area contributed by atoms with Crippen LogP contribution in [0.4, 0.5) is 0 Å². The minimum atomic E-state index is 0.678. The van der Waals surface area contributed by atoms with Gasteiger partial charge in [0.25, 0.3) is 0 Å². The average molecular weight is 276 g/mol. The summed E-state index contributed by atoms with van der Waals surface area (Å²) >= 11 is 2.06. The summed E-state index contributed by atoms with van der Waals surface area (Å²) in [6.45, 7) is 1.10. The van der Waals surface area contributed by atoms with Crippen molar-refractivity contribution < 1.29 is 0 Å². The summed E-state index contributed by atoms with van der Waals surface area (Å²) in [5, 5.41) is 4.85. The van der Waals surface area contributed by atoms with Crippen molar-refractivity contribution in [3.8, 4) is 0 Å². The second-order valence-electron chi connectivity index (χ2n) is 6.79. The van der Waals surface area contributed by atoms with E-state index in [4.69, 9.17) is 4.98 Å². The molecule has 1 N–H and O–H groups in total. The molecule has 0 saturated heterocycles. The Balaban J connectivity index is 1.61. The summed E-state index contributed by atoms with van der Waals surface area (Å²) in [5.74, 6) is 3.51. The van der Waals surface area contributed by atoms with Crippen LogP contribution in [0.25, 0.3) is 0 Å². The van der Waals surface area contributed by atoms with Gasteiger partial charge in [-0.15, -0.1) is 11.3 Å². The largest absolute Gasteiger partial charge is 0.319 e. The summed E-state index contributed by atoms with van der Waals surface area (Å²) in [6.07, 6.45) is 9.87. The molecule has 0 aromatic carbocycles. The number of aryl methyl sites for hydroxylation is 1. The molecule has 1 aromatic heterocycles. The first-order valence-corrected chi connectivity index (χ1v) is 8.81. The van der Waals surface area contributed by atoms with Gasteiger partial charge in [-0.1, -0.05) is 6.42 Å². The molecule has 4 rings (SSSR count). The van der Waals surface area contributed by atoms with E-state index >= 15 is 0 Å². The number of aromatic nitrogens is 1. The van der Waals surface area contributed by atoms with Gasteiger partial charge in [0.15, 0.2) is 0 Å². The topological polar surface area (TPSA) is 24.9 Å². The van der Waals surface area contributed by atoms with Crippen molar-refractivity contribution in [3.05, 3.63) is 15.6 Å².